The fourth-order valence-corrected chi connectivity index (χ4v) is 1.65. The van der Waals surface area contributed by atoms with Gasteiger partial charge in [-0.2, -0.15) is 0 Å². The van der Waals surface area contributed by atoms with Gasteiger partial charge in [-0.1, -0.05) is 34.4 Å². The first kappa shape index (κ1) is 9.37. The molecule has 2 rings (SSSR count). The van der Waals surface area contributed by atoms with Gasteiger partial charge in [0, 0.05) is 27.7 Å². The van der Waals surface area contributed by atoms with Crippen molar-refractivity contribution in [1.29, 1.82) is 0 Å². The van der Waals surface area contributed by atoms with Gasteiger partial charge in [0.15, 0.2) is 5.17 Å². The fraction of sp³-hybridized carbons (Fsp3) is 0. The molecule has 0 bridgehead atoms. The molecule has 0 fully saturated rings. The normalized spacial score (nSPS) is 12.3. The molecular weight excluding hydrogens is 223 g/mol. The molecule has 0 saturated heterocycles. The second-order valence-corrected chi connectivity index (χ2v) is 3.58. The highest BCUT2D eigenvalue weighted by atomic mass is 35.5. The number of rotatable bonds is 1. The first-order valence-corrected chi connectivity index (χ1v) is 4.62. The Morgan fingerprint density at radius 1 is 1.43 bits per heavy atom. The Labute approximate surface area is 89.9 Å². The summed E-state index contributed by atoms with van der Waals surface area (Å²) in [6.45, 7) is 0. The molecule has 0 unspecified atom stereocenters. The fourth-order valence-electron chi connectivity index (χ4n) is 1.32. The van der Waals surface area contributed by atoms with E-state index in [0.29, 0.717) is 10.6 Å². The number of nitrogens with one attached hydrogen (secondary N) is 1. The van der Waals surface area contributed by atoms with Crippen molar-refractivity contribution in [3.63, 3.8) is 0 Å². The number of oxime groups is 1. The average molecular weight is 229 g/mol. The number of hydrogen-bond donors (Lipinski definition) is 2. The van der Waals surface area contributed by atoms with Crippen LogP contribution >= 0.6 is 23.2 Å². The van der Waals surface area contributed by atoms with Crippen LogP contribution in [0.25, 0.3) is 10.9 Å². The highest BCUT2D eigenvalue weighted by Crippen LogP contribution is 2.23. The molecule has 1 aromatic carbocycles. The van der Waals surface area contributed by atoms with Crippen molar-refractivity contribution < 1.29 is 5.21 Å². The number of benzene rings is 1. The molecule has 72 valence electrons. The summed E-state index contributed by atoms with van der Waals surface area (Å²) in [4.78, 5) is 2.98. The van der Waals surface area contributed by atoms with E-state index in [1.165, 1.54) is 0 Å². The second kappa shape index (κ2) is 3.52. The Balaban J connectivity index is 2.70. The van der Waals surface area contributed by atoms with Crippen molar-refractivity contribution in [2.24, 2.45) is 5.16 Å². The predicted molar refractivity (Wildman–Crippen MR) is 57.5 cm³/mol. The molecule has 1 heterocycles. The number of nitrogens with zero attached hydrogens (tertiary/aromatic N) is 1. The summed E-state index contributed by atoms with van der Waals surface area (Å²) >= 11 is 11.5. The SMILES string of the molecule is O/N=C(\Cl)c1c[nH]c2cc(Cl)ccc12. The van der Waals surface area contributed by atoms with Crippen molar-refractivity contribution in [3.05, 3.63) is 35.0 Å². The van der Waals surface area contributed by atoms with E-state index in [-0.39, 0.29) is 5.17 Å². The van der Waals surface area contributed by atoms with Gasteiger partial charge >= 0.3 is 0 Å². The van der Waals surface area contributed by atoms with E-state index in [0.717, 1.165) is 10.9 Å². The quantitative estimate of drug-likeness (QED) is 0.440. The summed E-state index contributed by atoms with van der Waals surface area (Å²) in [5.74, 6) is 0. The van der Waals surface area contributed by atoms with Crippen molar-refractivity contribution in [3.8, 4) is 0 Å². The molecule has 0 aliphatic heterocycles. The predicted octanol–water partition coefficient (Wildman–Crippen LogP) is 3.20. The summed E-state index contributed by atoms with van der Waals surface area (Å²) in [5, 5.41) is 13.0. The van der Waals surface area contributed by atoms with Gasteiger partial charge in [-0.15, -0.1) is 0 Å². The van der Waals surface area contributed by atoms with Crippen molar-refractivity contribution in [2.45, 2.75) is 0 Å². The summed E-state index contributed by atoms with van der Waals surface area (Å²) in [6.07, 6.45) is 1.67. The molecule has 1 aromatic heterocycles. The Morgan fingerprint density at radius 3 is 2.93 bits per heavy atom. The summed E-state index contributed by atoms with van der Waals surface area (Å²) in [6, 6.07) is 5.35. The minimum Gasteiger partial charge on any atom is -0.410 e. The van der Waals surface area contributed by atoms with Gasteiger partial charge in [0.25, 0.3) is 0 Å². The molecular formula is C9H6Cl2N2O. The largest absolute Gasteiger partial charge is 0.410 e. The summed E-state index contributed by atoms with van der Waals surface area (Å²) in [5.41, 5.74) is 1.51. The summed E-state index contributed by atoms with van der Waals surface area (Å²) in [7, 11) is 0. The van der Waals surface area contributed by atoms with Crippen LogP contribution in [-0.4, -0.2) is 15.4 Å². The van der Waals surface area contributed by atoms with Crippen LogP contribution in [0.5, 0.6) is 0 Å². The molecule has 0 aliphatic rings. The van der Waals surface area contributed by atoms with Crippen molar-refractivity contribution >= 4 is 39.3 Å². The molecule has 0 amide bonds. The lowest BCUT2D eigenvalue weighted by Gasteiger charge is -1.94. The number of hydrogen-bond acceptors (Lipinski definition) is 2. The van der Waals surface area contributed by atoms with Gasteiger partial charge in [-0.3, -0.25) is 0 Å². The monoisotopic (exact) mass is 228 g/mol. The van der Waals surface area contributed by atoms with Crippen LogP contribution in [0.15, 0.2) is 29.6 Å². The van der Waals surface area contributed by atoms with Crippen molar-refractivity contribution in [1.82, 2.24) is 4.98 Å². The minimum atomic E-state index is 0.0542. The van der Waals surface area contributed by atoms with E-state index < -0.39 is 0 Å². The average Bonchev–Trinajstić information content (AvgIpc) is 2.59. The summed E-state index contributed by atoms with van der Waals surface area (Å²) < 4.78 is 0. The van der Waals surface area contributed by atoms with Gasteiger partial charge in [-0.25, -0.2) is 0 Å². The lowest BCUT2D eigenvalue weighted by Crippen LogP contribution is -1.87. The number of halogens is 2. The molecule has 0 saturated carbocycles. The first-order chi connectivity index (χ1) is 6.72. The number of H-pyrrole nitrogens is 1. The lowest BCUT2D eigenvalue weighted by atomic mass is 10.2. The van der Waals surface area contributed by atoms with Crippen LogP contribution in [0.4, 0.5) is 0 Å². The van der Waals surface area contributed by atoms with Gasteiger partial charge in [0.2, 0.25) is 0 Å². The van der Waals surface area contributed by atoms with Gasteiger partial charge in [-0.05, 0) is 12.1 Å². The second-order valence-electron chi connectivity index (χ2n) is 2.78. The topological polar surface area (TPSA) is 48.4 Å². The third-order valence-corrected chi connectivity index (χ3v) is 2.47. The molecule has 2 N–H and O–H groups in total. The zero-order chi connectivity index (χ0) is 10.1. The van der Waals surface area contributed by atoms with Crippen LogP contribution in [0, 0.1) is 0 Å². The van der Waals surface area contributed by atoms with Gasteiger partial charge < -0.3 is 10.2 Å². The molecule has 2 aromatic rings. The van der Waals surface area contributed by atoms with E-state index in [2.05, 4.69) is 10.1 Å². The first-order valence-electron chi connectivity index (χ1n) is 3.87. The number of fused-ring (bicyclic) bond motifs is 1. The smallest absolute Gasteiger partial charge is 0.177 e. The Kier molecular flexibility index (Phi) is 2.35. The van der Waals surface area contributed by atoms with Gasteiger partial charge in [0.05, 0.1) is 0 Å². The Bertz CT molecular complexity index is 504. The van der Waals surface area contributed by atoms with Gasteiger partial charge in [0.1, 0.15) is 0 Å². The molecule has 0 radical (unpaired) electrons. The standard InChI is InChI=1S/C9H6Cl2N2O/c10-5-1-2-6-7(9(11)13-14)4-12-8(6)3-5/h1-4,12,14H/b13-9-. The Hall–Kier alpha value is -1.19. The van der Waals surface area contributed by atoms with Crippen LogP contribution in [0.2, 0.25) is 5.02 Å². The lowest BCUT2D eigenvalue weighted by molar-refractivity contribution is 0.321. The number of aromatic nitrogens is 1. The van der Waals surface area contributed by atoms with Crippen LogP contribution in [0.3, 0.4) is 0 Å². The maximum Gasteiger partial charge on any atom is 0.177 e. The van der Waals surface area contributed by atoms with E-state index in [1.807, 2.05) is 6.07 Å². The molecule has 0 aliphatic carbocycles. The third kappa shape index (κ3) is 1.45. The van der Waals surface area contributed by atoms with E-state index in [9.17, 15) is 0 Å². The third-order valence-electron chi connectivity index (χ3n) is 1.95. The maximum absolute atomic E-state index is 8.54. The van der Waals surface area contributed by atoms with Crippen molar-refractivity contribution in [2.75, 3.05) is 0 Å². The van der Waals surface area contributed by atoms with E-state index >= 15 is 0 Å². The zero-order valence-corrected chi connectivity index (χ0v) is 8.47. The van der Waals surface area contributed by atoms with Crippen LogP contribution in [-0.2, 0) is 0 Å². The highest BCUT2D eigenvalue weighted by molar-refractivity contribution is 6.70. The number of aromatic amines is 1. The van der Waals surface area contributed by atoms with Crippen LogP contribution in [0.1, 0.15) is 5.56 Å². The molecule has 0 atom stereocenters. The maximum atomic E-state index is 8.54. The minimum absolute atomic E-state index is 0.0542. The zero-order valence-electron chi connectivity index (χ0n) is 6.96. The van der Waals surface area contributed by atoms with E-state index in [1.54, 1.807) is 18.3 Å². The Morgan fingerprint density at radius 2 is 2.21 bits per heavy atom. The molecule has 3 nitrogen and oxygen atoms in total. The highest BCUT2D eigenvalue weighted by Gasteiger charge is 2.08. The molecule has 0 spiro atoms. The van der Waals surface area contributed by atoms with Crippen LogP contribution < -0.4 is 0 Å². The molecule has 5 heteroatoms. The van der Waals surface area contributed by atoms with E-state index in [4.69, 9.17) is 28.4 Å². The molecule has 14 heavy (non-hydrogen) atoms.